The van der Waals surface area contributed by atoms with Crippen LogP contribution < -0.4 is 5.32 Å². The van der Waals surface area contributed by atoms with E-state index in [1.165, 1.54) is 47.3 Å². The van der Waals surface area contributed by atoms with Gasteiger partial charge in [-0.05, 0) is 18.2 Å². The monoisotopic (exact) mass is 298 g/mol. The number of hydrogen-bond acceptors (Lipinski definition) is 2. The van der Waals surface area contributed by atoms with Gasteiger partial charge < -0.3 is 15.0 Å². The number of benzene rings is 1. The Hall–Kier alpha value is -2.44. The zero-order valence-electron chi connectivity index (χ0n) is 11.1. The lowest BCUT2D eigenvalue weighted by Gasteiger charge is -2.21. The average molecular weight is 298 g/mol. The molecule has 2 aromatic rings. The maximum Gasteiger partial charge on any atom is 0.412 e. The number of aromatic hydroxyl groups is 1. The zero-order chi connectivity index (χ0) is 15.6. The fraction of sp³-hybridized carbons (Fsp3) is 0.214. The molecule has 1 atom stereocenters. The number of para-hydroxylation sites is 1. The Kier molecular flexibility index (Phi) is 3.93. The van der Waals surface area contributed by atoms with Gasteiger partial charge in [0.2, 0.25) is 0 Å². The highest BCUT2D eigenvalue weighted by Crippen LogP contribution is 2.33. The van der Waals surface area contributed by atoms with E-state index in [0.717, 1.165) is 0 Å². The summed E-state index contributed by atoms with van der Waals surface area (Å²) < 4.78 is 40.8. The molecule has 1 aromatic heterocycles. The second-order valence-electron chi connectivity index (χ2n) is 4.58. The number of carbonyl (C=O) groups excluding carboxylic acids is 1. The molecule has 1 unspecified atom stereocenters. The molecule has 0 fully saturated rings. The van der Waals surface area contributed by atoms with Crippen LogP contribution >= 0.6 is 0 Å². The SMILES string of the molecule is Cn1ccc(C(NC(=O)c2ccccc2O)C(F)(F)F)c1. The van der Waals surface area contributed by atoms with Crippen molar-refractivity contribution in [3.8, 4) is 5.75 Å². The van der Waals surface area contributed by atoms with Crippen molar-refractivity contribution in [1.82, 2.24) is 9.88 Å². The molecule has 0 radical (unpaired) electrons. The summed E-state index contributed by atoms with van der Waals surface area (Å²) in [6.45, 7) is 0. The van der Waals surface area contributed by atoms with Crippen LogP contribution in [0.15, 0.2) is 42.7 Å². The highest BCUT2D eigenvalue weighted by atomic mass is 19.4. The Bertz CT molecular complexity index is 650. The molecule has 21 heavy (non-hydrogen) atoms. The topological polar surface area (TPSA) is 54.3 Å². The fourth-order valence-electron chi connectivity index (χ4n) is 1.92. The minimum absolute atomic E-state index is 0.0752. The fourth-order valence-corrected chi connectivity index (χ4v) is 1.92. The van der Waals surface area contributed by atoms with Crippen molar-refractivity contribution in [2.75, 3.05) is 0 Å². The first-order chi connectivity index (χ1) is 9.79. The molecule has 2 N–H and O–H groups in total. The van der Waals surface area contributed by atoms with Crippen LogP contribution in [0.4, 0.5) is 13.2 Å². The van der Waals surface area contributed by atoms with Crippen LogP contribution in [0, 0.1) is 0 Å². The summed E-state index contributed by atoms with van der Waals surface area (Å²) in [7, 11) is 1.59. The molecule has 0 saturated heterocycles. The molecular weight excluding hydrogens is 285 g/mol. The number of aromatic nitrogens is 1. The summed E-state index contributed by atoms with van der Waals surface area (Å²) in [5.74, 6) is -1.36. The number of phenolic OH excluding ortho intramolecular Hbond substituents is 1. The Balaban J connectivity index is 2.28. The van der Waals surface area contributed by atoms with Gasteiger partial charge in [-0.25, -0.2) is 0 Å². The first-order valence-electron chi connectivity index (χ1n) is 6.06. The molecule has 0 saturated carbocycles. The molecule has 1 aromatic carbocycles. The van der Waals surface area contributed by atoms with Crippen LogP contribution in [-0.4, -0.2) is 21.8 Å². The molecule has 0 aliphatic heterocycles. The number of alkyl halides is 3. The van der Waals surface area contributed by atoms with Crippen LogP contribution in [-0.2, 0) is 7.05 Å². The molecule has 0 aliphatic carbocycles. The Morgan fingerprint density at radius 2 is 1.95 bits per heavy atom. The van der Waals surface area contributed by atoms with Gasteiger partial charge in [0.05, 0.1) is 5.56 Å². The van der Waals surface area contributed by atoms with E-state index < -0.39 is 18.1 Å². The minimum Gasteiger partial charge on any atom is -0.507 e. The molecule has 0 aliphatic rings. The quantitative estimate of drug-likeness (QED) is 0.915. The molecule has 0 bridgehead atoms. The van der Waals surface area contributed by atoms with E-state index in [1.54, 1.807) is 7.05 Å². The van der Waals surface area contributed by atoms with Gasteiger partial charge in [-0.1, -0.05) is 12.1 Å². The third kappa shape index (κ3) is 3.36. The summed E-state index contributed by atoms with van der Waals surface area (Å²) in [6, 6.07) is 4.57. The standard InChI is InChI=1S/C14H13F3N2O2/c1-19-7-6-9(8-19)12(14(15,16)17)18-13(21)10-4-2-3-5-11(10)20/h2-8,12,20H,1H3,(H,18,21). The van der Waals surface area contributed by atoms with Gasteiger partial charge in [0, 0.05) is 25.0 Å². The van der Waals surface area contributed by atoms with E-state index in [1.807, 2.05) is 5.32 Å². The van der Waals surface area contributed by atoms with E-state index in [2.05, 4.69) is 0 Å². The van der Waals surface area contributed by atoms with Crippen molar-refractivity contribution in [2.24, 2.45) is 7.05 Å². The number of rotatable bonds is 3. The third-order valence-corrected chi connectivity index (χ3v) is 2.94. The molecule has 1 heterocycles. The second-order valence-corrected chi connectivity index (χ2v) is 4.58. The van der Waals surface area contributed by atoms with Gasteiger partial charge >= 0.3 is 6.18 Å². The van der Waals surface area contributed by atoms with E-state index in [-0.39, 0.29) is 16.9 Å². The minimum atomic E-state index is -4.64. The number of amides is 1. The Labute approximate surface area is 118 Å². The maximum absolute atomic E-state index is 13.1. The van der Waals surface area contributed by atoms with E-state index in [9.17, 15) is 23.1 Å². The highest BCUT2D eigenvalue weighted by molar-refractivity contribution is 5.97. The van der Waals surface area contributed by atoms with Crippen molar-refractivity contribution in [1.29, 1.82) is 0 Å². The van der Waals surface area contributed by atoms with Gasteiger partial charge in [-0.2, -0.15) is 13.2 Å². The molecule has 0 spiro atoms. The van der Waals surface area contributed by atoms with Crippen LogP contribution in [0.25, 0.3) is 0 Å². The largest absolute Gasteiger partial charge is 0.507 e. The summed E-state index contributed by atoms with van der Waals surface area (Å²) in [6.07, 6.45) is -1.90. The highest BCUT2D eigenvalue weighted by Gasteiger charge is 2.42. The van der Waals surface area contributed by atoms with Crippen LogP contribution in [0.1, 0.15) is 22.0 Å². The molecule has 2 rings (SSSR count). The first kappa shape index (κ1) is 15.0. The predicted molar refractivity (Wildman–Crippen MR) is 69.8 cm³/mol. The van der Waals surface area contributed by atoms with Gasteiger partial charge in [0.25, 0.3) is 5.91 Å². The smallest absolute Gasteiger partial charge is 0.412 e. The van der Waals surface area contributed by atoms with Gasteiger partial charge in [-0.3, -0.25) is 4.79 Å². The third-order valence-electron chi connectivity index (χ3n) is 2.94. The van der Waals surface area contributed by atoms with Gasteiger partial charge in [0.15, 0.2) is 6.04 Å². The average Bonchev–Trinajstić information content (AvgIpc) is 2.81. The molecule has 4 nitrogen and oxygen atoms in total. The number of carbonyl (C=O) groups is 1. The lowest BCUT2D eigenvalue weighted by molar-refractivity contribution is -0.155. The van der Waals surface area contributed by atoms with Crippen molar-refractivity contribution in [3.63, 3.8) is 0 Å². The van der Waals surface area contributed by atoms with Crippen LogP contribution in [0.5, 0.6) is 5.75 Å². The first-order valence-corrected chi connectivity index (χ1v) is 6.06. The van der Waals surface area contributed by atoms with Crippen molar-refractivity contribution in [3.05, 3.63) is 53.9 Å². The van der Waals surface area contributed by atoms with Crippen molar-refractivity contribution in [2.45, 2.75) is 12.2 Å². The van der Waals surface area contributed by atoms with Crippen molar-refractivity contribution >= 4 is 5.91 Å². The summed E-state index contributed by atoms with van der Waals surface area (Å²) in [4.78, 5) is 11.9. The number of nitrogens with zero attached hydrogens (tertiary/aromatic N) is 1. The summed E-state index contributed by atoms with van der Waals surface area (Å²) in [5, 5.41) is 11.4. The number of phenols is 1. The van der Waals surface area contributed by atoms with Crippen LogP contribution in [0.3, 0.4) is 0 Å². The predicted octanol–water partition coefficient (Wildman–Crippen LogP) is 2.76. The number of hydrogen-bond donors (Lipinski definition) is 2. The number of halogens is 3. The Morgan fingerprint density at radius 3 is 2.48 bits per heavy atom. The van der Waals surface area contributed by atoms with Crippen LogP contribution in [0.2, 0.25) is 0 Å². The van der Waals surface area contributed by atoms with E-state index >= 15 is 0 Å². The molecule has 112 valence electrons. The second kappa shape index (κ2) is 5.51. The summed E-state index contributed by atoms with van der Waals surface area (Å²) >= 11 is 0. The van der Waals surface area contributed by atoms with E-state index in [0.29, 0.717) is 0 Å². The Morgan fingerprint density at radius 1 is 1.29 bits per heavy atom. The van der Waals surface area contributed by atoms with Crippen molar-refractivity contribution < 1.29 is 23.1 Å². The zero-order valence-corrected chi connectivity index (χ0v) is 11.1. The molecular formula is C14H13F3N2O2. The van der Waals surface area contributed by atoms with E-state index in [4.69, 9.17) is 0 Å². The maximum atomic E-state index is 13.1. The molecule has 7 heteroatoms. The lowest BCUT2D eigenvalue weighted by Crippen LogP contribution is -2.38. The normalized spacial score (nSPS) is 13.0. The number of nitrogens with one attached hydrogen (secondary N) is 1. The number of aryl methyl sites for hydroxylation is 1. The summed E-state index contributed by atoms with van der Waals surface area (Å²) in [5.41, 5.74) is -0.281. The van der Waals surface area contributed by atoms with Gasteiger partial charge in [0.1, 0.15) is 5.75 Å². The molecule has 1 amide bonds. The van der Waals surface area contributed by atoms with Gasteiger partial charge in [-0.15, -0.1) is 0 Å². The lowest BCUT2D eigenvalue weighted by atomic mass is 10.1.